The monoisotopic (exact) mass is 337 g/mol. The molecule has 122 valence electrons. The average molecular weight is 337 g/mol. The van der Waals surface area contributed by atoms with Crippen LogP contribution in [0.2, 0.25) is 0 Å². The van der Waals surface area contributed by atoms with Crippen LogP contribution in [0, 0.1) is 0 Å². The second kappa shape index (κ2) is 6.32. The SMILES string of the molecule is O=C(COc1ccc(-n2cnnn2)cc1)N[C@H]1CCS(=O)(=O)C1. The van der Waals surface area contributed by atoms with Crippen molar-refractivity contribution in [3.05, 3.63) is 30.6 Å². The summed E-state index contributed by atoms with van der Waals surface area (Å²) in [5.41, 5.74) is 0.767. The van der Waals surface area contributed by atoms with E-state index in [9.17, 15) is 13.2 Å². The highest BCUT2D eigenvalue weighted by Crippen LogP contribution is 2.14. The maximum absolute atomic E-state index is 11.8. The summed E-state index contributed by atoms with van der Waals surface area (Å²) in [6.45, 7) is -0.166. The Morgan fingerprint density at radius 3 is 2.74 bits per heavy atom. The standard InChI is InChI=1S/C13H15N5O4S/c19-13(15-10-5-6-23(20,21)8-10)7-22-12-3-1-11(2-4-12)18-9-14-16-17-18/h1-4,9-10H,5-8H2,(H,15,19)/t10-/m0/s1. The van der Waals surface area contributed by atoms with E-state index in [1.165, 1.54) is 11.0 Å². The molecule has 0 spiro atoms. The lowest BCUT2D eigenvalue weighted by atomic mass is 10.2. The lowest BCUT2D eigenvalue weighted by Gasteiger charge is -2.11. The molecule has 1 amide bonds. The highest BCUT2D eigenvalue weighted by molar-refractivity contribution is 7.91. The fourth-order valence-corrected chi connectivity index (χ4v) is 3.98. The van der Waals surface area contributed by atoms with Crippen LogP contribution in [0.1, 0.15) is 6.42 Å². The van der Waals surface area contributed by atoms with Crippen LogP contribution in [0.5, 0.6) is 5.75 Å². The predicted molar refractivity (Wildman–Crippen MR) is 79.9 cm³/mol. The van der Waals surface area contributed by atoms with E-state index in [4.69, 9.17) is 4.74 Å². The topological polar surface area (TPSA) is 116 Å². The van der Waals surface area contributed by atoms with Gasteiger partial charge in [0.25, 0.3) is 5.91 Å². The molecule has 1 N–H and O–H groups in total. The molecule has 1 atom stereocenters. The normalized spacial score (nSPS) is 19.4. The zero-order valence-corrected chi connectivity index (χ0v) is 12.9. The molecular formula is C13H15N5O4S. The molecule has 1 aliphatic rings. The van der Waals surface area contributed by atoms with E-state index >= 15 is 0 Å². The second-order valence-corrected chi connectivity index (χ2v) is 7.43. The Hall–Kier alpha value is -2.49. The summed E-state index contributed by atoms with van der Waals surface area (Å²) >= 11 is 0. The molecule has 0 bridgehead atoms. The number of amides is 1. The molecule has 1 fully saturated rings. The van der Waals surface area contributed by atoms with Gasteiger partial charge in [-0.3, -0.25) is 4.79 Å². The minimum Gasteiger partial charge on any atom is -0.484 e. The minimum absolute atomic E-state index is 0.000617. The Kier molecular flexibility index (Phi) is 4.24. The van der Waals surface area contributed by atoms with Crippen LogP contribution in [-0.4, -0.2) is 58.7 Å². The molecular weight excluding hydrogens is 322 g/mol. The fraction of sp³-hybridized carbons (Fsp3) is 0.385. The molecule has 10 heteroatoms. The number of benzene rings is 1. The van der Waals surface area contributed by atoms with Crippen molar-refractivity contribution in [2.75, 3.05) is 18.1 Å². The van der Waals surface area contributed by atoms with Gasteiger partial charge < -0.3 is 10.1 Å². The zero-order chi connectivity index (χ0) is 16.3. The molecule has 0 unspecified atom stereocenters. The highest BCUT2D eigenvalue weighted by Gasteiger charge is 2.28. The van der Waals surface area contributed by atoms with Gasteiger partial charge in [-0.05, 0) is 41.1 Å². The van der Waals surface area contributed by atoms with Crippen molar-refractivity contribution in [3.8, 4) is 11.4 Å². The van der Waals surface area contributed by atoms with Crippen molar-refractivity contribution < 1.29 is 17.9 Å². The predicted octanol–water partition coefficient (Wildman–Crippen LogP) is -0.656. The number of rotatable bonds is 5. The molecule has 1 aliphatic heterocycles. The maximum atomic E-state index is 11.8. The number of nitrogens with zero attached hydrogens (tertiary/aromatic N) is 4. The van der Waals surface area contributed by atoms with Gasteiger partial charge >= 0.3 is 0 Å². The first-order valence-electron chi connectivity index (χ1n) is 6.98. The van der Waals surface area contributed by atoms with Crippen molar-refractivity contribution >= 4 is 15.7 Å². The molecule has 0 radical (unpaired) electrons. The van der Waals surface area contributed by atoms with Crippen LogP contribution in [0.4, 0.5) is 0 Å². The molecule has 0 saturated carbocycles. The van der Waals surface area contributed by atoms with Gasteiger partial charge in [0.15, 0.2) is 16.4 Å². The maximum Gasteiger partial charge on any atom is 0.258 e. The summed E-state index contributed by atoms with van der Waals surface area (Å²) < 4.78 is 29.5. The number of carbonyl (C=O) groups is 1. The molecule has 2 aromatic rings. The zero-order valence-electron chi connectivity index (χ0n) is 12.1. The second-order valence-electron chi connectivity index (χ2n) is 5.20. The summed E-state index contributed by atoms with van der Waals surface area (Å²) in [5, 5.41) is 13.5. The van der Waals surface area contributed by atoms with E-state index in [1.54, 1.807) is 24.3 Å². The van der Waals surface area contributed by atoms with E-state index < -0.39 is 9.84 Å². The first-order valence-corrected chi connectivity index (χ1v) is 8.80. The molecule has 1 saturated heterocycles. The van der Waals surface area contributed by atoms with Gasteiger partial charge in [-0.25, -0.2) is 13.1 Å². The van der Waals surface area contributed by atoms with Gasteiger partial charge in [0.05, 0.1) is 17.2 Å². The van der Waals surface area contributed by atoms with E-state index in [0.717, 1.165) is 5.69 Å². The summed E-state index contributed by atoms with van der Waals surface area (Å²) in [4.78, 5) is 11.8. The quantitative estimate of drug-likeness (QED) is 0.770. The number of hydrogen-bond acceptors (Lipinski definition) is 7. The van der Waals surface area contributed by atoms with Gasteiger partial charge in [0.1, 0.15) is 12.1 Å². The lowest BCUT2D eigenvalue weighted by molar-refractivity contribution is -0.123. The number of ether oxygens (including phenoxy) is 1. The van der Waals surface area contributed by atoms with E-state index in [0.29, 0.717) is 12.2 Å². The van der Waals surface area contributed by atoms with Gasteiger partial charge in [0.2, 0.25) is 0 Å². The van der Waals surface area contributed by atoms with Crippen LogP contribution in [-0.2, 0) is 14.6 Å². The highest BCUT2D eigenvalue weighted by atomic mass is 32.2. The molecule has 3 rings (SSSR count). The van der Waals surface area contributed by atoms with Crippen molar-refractivity contribution in [1.29, 1.82) is 0 Å². The van der Waals surface area contributed by atoms with Crippen LogP contribution in [0.3, 0.4) is 0 Å². The third-order valence-corrected chi connectivity index (χ3v) is 5.19. The smallest absolute Gasteiger partial charge is 0.258 e. The van der Waals surface area contributed by atoms with Crippen molar-refractivity contribution in [2.45, 2.75) is 12.5 Å². The van der Waals surface area contributed by atoms with Gasteiger partial charge in [-0.1, -0.05) is 0 Å². The third kappa shape index (κ3) is 4.03. The average Bonchev–Trinajstić information content (AvgIpc) is 3.15. The van der Waals surface area contributed by atoms with E-state index in [1.807, 2.05) is 0 Å². The Morgan fingerprint density at radius 1 is 1.35 bits per heavy atom. The molecule has 0 aliphatic carbocycles. The number of tetrazole rings is 1. The molecule has 2 heterocycles. The van der Waals surface area contributed by atoms with Gasteiger partial charge in [-0.15, -0.1) is 5.10 Å². The van der Waals surface area contributed by atoms with Gasteiger partial charge in [0, 0.05) is 6.04 Å². The van der Waals surface area contributed by atoms with Crippen LogP contribution >= 0.6 is 0 Å². The minimum atomic E-state index is -3.01. The van der Waals surface area contributed by atoms with Gasteiger partial charge in [-0.2, -0.15) is 0 Å². The summed E-state index contributed by atoms with van der Waals surface area (Å²) in [7, 11) is -3.01. The Morgan fingerprint density at radius 2 is 2.13 bits per heavy atom. The first kappa shape index (κ1) is 15.4. The summed E-state index contributed by atoms with van der Waals surface area (Å²) in [6.07, 6.45) is 1.92. The largest absolute Gasteiger partial charge is 0.484 e. The van der Waals surface area contributed by atoms with Crippen molar-refractivity contribution in [3.63, 3.8) is 0 Å². The number of carbonyl (C=O) groups excluding carboxylic acids is 1. The Balaban J connectivity index is 1.49. The number of aromatic nitrogens is 4. The Bertz CT molecular complexity index is 773. The van der Waals surface area contributed by atoms with E-state index in [-0.39, 0.29) is 30.1 Å². The number of hydrogen-bond donors (Lipinski definition) is 1. The van der Waals surface area contributed by atoms with Crippen LogP contribution < -0.4 is 10.1 Å². The van der Waals surface area contributed by atoms with Crippen LogP contribution in [0.15, 0.2) is 30.6 Å². The summed E-state index contributed by atoms with van der Waals surface area (Å²) in [6, 6.07) is 6.59. The fourth-order valence-electron chi connectivity index (χ4n) is 2.30. The first-order chi connectivity index (χ1) is 11.0. The molecule has 9 nitrogen and oxygen atoms in total. The summed E-state index contributed by atoms with van der Waals surface area (Å²) in [5.74, 6) is 0.309. The Labute approximate surface area is 132 Å². The lowest BCUT2D eigenvalue weighted by Crippen LogP contribution is -2.38. The van der Waals surface area contributed by atoms with Crippen molar-refractivity contribution in [1.82, 2.24) is 25.5 Å². The van der Waals surface area contributed by atoms with E-state index in [2.05, 4.69) is 20.8 Å². The van der Waals surface area contributed by atoms with Crippen molar-refractivity contribution in [2.24, 2.45) is 0 Å². The molecule has 23 heavy (non-hydrogen) atoms. The molecule has 1 aromatic heterocycles. The number of nitrogens with one attached hydrogen (secondary N) is 1. The van der Waals surface area contributed by atoms with Crippen LogP contribution in [0.25, 0.3) is 5.69 Å². The number of sulfone groups is 1. The molecule has 1 aromatic carbocycles. The third-order valence-electron chi connectivity index (χ3n) is 3.42.